The smallest absolute Gasteiger partial charge is 0.194 e. The molecule has 0 atom stereocenters. The van der Waals surface area contributed by atoms with Crippen LogP contribution in [0.5, 0.6) is 0 Å². The fourth-order valence-electron chi connectivity index (χ4n) is 1.52. The van der Waals surface area contributed by atoms with E-state index in [0.717, 1.165) is 11.8 Å². The number of halogens is 1. The fourth-order valence-corrected chi connectivity index (χ4v) is 1.52. The molecule has 0 spiro atoms. The minimum atomic E-state index is -0.525. The van der Waals surface area contributed by atoms with Gasteiger partial charge in [0, 0.05) is 23.0 Å². The summed E-state index contributed by atoms with van der Waals surface area (Å²) in [5.41, 5.74) is 7.82. The number of aromatic nitrogens is 1. The van der Waals surface area contributed by atoms with Crippen molar-refractivity contribution in [1.29, 1.82) is 0 Å². The number of ketones is 1. The third-order valence-corrected chi connectivity index (χ3v) is 2.50. The zero-order valence-electron chi connectivity index (χ0n) is 9.27. The number of rotatable bonds is 2. The molecule has 1 aromatic carbocycles. The van der Waals surface area contributed by atoms with Crippen molar-refractivity contribution in [3.05, 3.63) is 59.2 Å². The molecule has 0 unspecified atom stereocenters. The van der Waals surface area contributed by atoms with E-state index in [0.29, 0.717) is 11.3 Å². The number of aryl methyl sites for hydroxylation is 1. The van der Waals surface area contributed by atoms with Crippen LogP contribution in [-0.2, 0) is 0 Å². The first-order valence-electron chi connectivity index (χ1n) is 5.09. The van der Waals surface area contributed by atoms with E-state index in [1.165, 1.54) is 12.3 Å². The lowest BCUT2D eigenvalue weighted by Crippen LogP contribution is -2.03. The standard InChI is InChI=1S/C13H11FN2O/c1-8-4-9(2-3-12(8)15)13(17)10-5-11(14)7-16-6-10/h2-7H,15H2,1H3. The number of carbonyl (C=O) groups is 1. The van der Waals surface area contributed by atoms with Gasteiger partial charge in [0.2, 0.25) is 0 Å². The van der Waals surface area contributed by atoms with Gasteiger partial charge in [-0.15, -0.1) is 0 Å². The molecule has 3 nitrogen and oxygen atoms in total. The number of nitrogens with two attached hydrogens (primary N) is 1. The molecule has 0 aliphatic heterocycles. The van der Waals surface area contributed by atoms with Crippen LogP contribution in [0.2, 0.25) is 0 Å². The van der Waals surface area contributed by atoms with Crippen LogP contribution in [0.15, 0.2) is 36.7 Å². The molecular weight excluding hydrogens is 219 g/mol. The first-order valence-corrected chi connectivity index (χ1v) is 5.09. The van der Waals surface area contributed by atoms with Crippen molar-refractivity contribution in [2.24, 2.45) is 0 Å². The van der Waals surface area contributed by atoms with Crippen molar-refractivity contribution in [1.82, 2.24) is 4.98 Å². The molecule has 0 fully saturated rings. The number of hydrogen-bond donors (Lipinski definition) is 1. The Hall–Kier alpha value is -2.23. The Morgan fingerprint density at radius 3 is 2.65 bits per heavy atom. The summed E-state index contributed by atoms with van der Waals surface area (Å²) >= 11 is 0. The van der Waals surface area contributed by atoms with E-state index in [2.05, 4.69) is 4.98 Å². The largest absolute Gasteiger partial charge is 0.399 e. The second kappa shape index (κ2) is 4.33. The number of anilines is 1. The minimum absolute atomic E-state index is 0.231. The Morgan fingerprint density at radius 2 is 2.00 bits per heavy atom. The van der Waals surface area contributed by atoms with Gasteiger partial charge in [0.15, 0.2) is 5.78 Å². The van der Waals surface area contributed by atoms with E-state index < -0.39 is 5.82 Å². The zero-order valence-corrected chi connectivity index (χ0v) is 9.27. The van der Waals surface area contributed by atoms with E-state index in [1.54, 1.807) is 18.2 Å². The van der Waals surface area contributed by atoms with Crippen molar-refractivity contribution in [3.8, 4) is 0 Å². The molecule has 17 heavy (non-hydrogen) atoms. The molecule has 0 radical (unpaired) electrons. The van der Waals surface area contributed by atoms with Gasteiger partial charge in [-0.2, -0.15) is 0 Å². The van der Waals surface area contributed by atoms with Gasteiger partial charge in [-0.1, -0.05) is 0 Å². The topological polar surface area (TPSA) is 56.0 Å². The molecule has 0 saturated heterocycles. The van der Waals surface area contributed by atoms with Crippen LogP contribution in [0, 0.1) is 12.7 Å². The third kappa shape index (κ3) is 2.30. The second-order valence-corrected chi connectivity index (χ2v) is 3.79. The van der Waals surface area contributed by atoms with Crippen LogP contribution in [0.1, 0.15) is 21.5 Å². The number of carbonyl (C=O) groups excluding carboxylic acids is 1. The van der Waals surface area contributed by atoms with Crippen molar-refractivity contribution in [3.63, 3.8) is 0 Å². The lowest BCUT2D eigenvalue weighted by atomic mass is 10.0. The Kier molecular flexibility index (Phi) is 2.87. The summed E-state index contributed by atoms with van der Waals surface area (Å²) in [6, 6.07) is 6.13. The number of pyridine rings is 1. The second-order valence-electron chi connectivity index (χ2n) is 3.79. The predicted molar refractivity (Wildman–Crippen MR) is 63.2 cm³/mol. The summed E-state index contributed by atoms with van der Waals surface area (Å²) in [7, 11) is 0. The van der Waals surface area contributed by atoms with E-state index in [4.69, 9.17) is 5.73 Å². The number of nitrogen functional groups attached to an aromatic ring is 1. The fraction of sp³-hybridized carbons (Fsp3) is 0.0769. The Bertz CT molecular complexity index is 581. The summed E-state index contributed by atoms with van der Waals surface area (Å²) in [4.78, 5) is 15.7. The van der Waals surface area contributed by atoms with Crippen molar-refractivity contribution >= 4 is 11.5 Å². The third-order valence-electron chi connectivity index (χ3n) is 2.50. The molecular formula is C13H11FN2O. The molecule has 1 heterocycles. The lowest BCUT2D eigenvalue weighted by Gasteiger charge is -2.04. The Morgan fingerprint density at radius 1 is 1.24 bits per heavy atom. The van der Waals surface area contributed by atoms with Crippen LogP contribution < -0.4 is 5.73 Å². The SMILES string of the molecule is Cc1cc(C(=O)c2cncc(F)c2)ccc1N. The van der Waals surface area contributed by atoms with Gasteiger partial charge in [-0.3, -0.25) is 9.78 Å². The van der Waals surface area contributed by atoms with Gasteiger partial charge in [-0.25, -0.2) is 4.39 Å². The summed E-state index contributed by atoms with van der Waals surface area (Å²) in [6.45, 7) is 1.82. The molecule has 0 saturated carbocycles. The zero-order chi connectivity index (χ0) is 12.4. The molecule has 2 N–H and O–H groups in total. The van der Waals surface area contributed by atoms with Crippen LogP contribution in [0.25, 0.3) is 0 Å². The van der Waals surface area contributed by atoms with E-state index in [-0.39, 0.29) is 11.3 Å². The first kappa shape index (κ1) is 11.3. The van der Waals surface area contributed by atoms with Gasteiger partial charge in [0.25, 0.3) is 0 Å². The molecule has 4 heteroatoms. The van der Waals surface area contributed by atoms with E-state index >= 15 is 0 Å². The van der Waals surface area contributed by atoms with Crippen molar-refractivity contribution in [2.75, 3.05) is 5.73 Å². The molecule has 0 aliphatic carbocycles. The quantitative estimate of drug-likeness (QED) is 0.636. The summed E-state index contributed by atoms with van der Waals surface area (Å²) < 4.78 is 13.0. The highest BCUT2D eigenvalue weighted by molar-refractivity contribution is 6.09. The average molecular weight is 230 g/mol. The maximum absolute atomic E-state index is 13.0. The van der Waals surface area contributed by atoms with Gasteiger partial charge >= 0.3 is 0 Å². The van der Waals surface area contributed by atoms with Crippen LogP contribution in [-0.4, -0.2) is 10.8 Å². The number of nitrogens with zero attached hydrogens (tertiary/aromatic N) is 1. The number of hydrogen-bond acceptors (Lipinski definition) is 3. The first-order chi connectivity index (χ1) is 8.08. The Labute approximate surface area is 98.1 Å². The number of benzene rings is 1. The average Bonchev–Trinajstić information content (AvgIpc) is 2.32. The van der Waals surface area contributed by atoms with Crippen molar-refractivity contribution in [2.45, 2.75) is 6.92 Å². The van der Waals surface area contributed by atoms with Gasteiger partial charge < -0.3 is 5.73 Å². The van der Waals surface area contributed by atoms with Gasteiger partial charge in [0.1, 0.15) is 5.82 Å². The molecule has 86 valence electrons. The highest BCUT2D eigenvalue weighted by atomic mass is 19.1. The highest BCUT2D eigenvalue weighted by Crippen LogP contribution is 2.16. The normalized spacial score (nSPS) is 10.2. The molecule has 1 aromatic heterocycles. The highest BCUT2D eigenvalue weighted by Gasteiger charge is 2.11. The monoisotopic (exact) mass is 230 g/mol. The van der Waals surface area contributed by atoms with Crippen LogP contribution in [0.3, 0.4) is 0 Å². The van der Waals surface area contributed by atoms with Crippen molar-refractivity contribution < 1.29 is 9.18 Å². The maximum Gasteiger partial charge on any atom is 0.194 e. The lowest BCUT2D eigenvalue weighted by molar-refractivity contribution is 0.103. The minimum Gasteiger partial charge on any atom is -0.399 e. The summed E-state index contributed by atoms with van der Waals surface area (Å²) in [6.07, 6.45) is 2.40. The molecule has 2 aromatic rings. The van der Waals surface area contributed by atoms with E-state index in [9.17, 15) is 9.18 Å². The summed E-state index contributed by atoms with van der Waals surface area (Å²) in [5, 5.41) is 0. The van der Waals surface area contributed by atoms with Crippen LogP contribution in [0.4, 0.5) is 10.1 Å². The molecule has 0 amide bonds. The van der Waals surface area contributed by atoms with Gasteiger partial charge in [-0.05, 0) is 36.8 Å². The molecule has 0 aliphatic rings. The molecule has 2 rings (SSSR count). The molecule has 0 bridgehead atoms. The predicted octanol–water partition coefficient (Wildman–Crippen LogP) is 2.34. The van der Waals surface area contributed by atoms with E-state index in [1.807, 2.05) is 6.92 Å². The van der Waals surface area contributed by atoms with Gasteiger partial charge in [0.05, 0.1) is 6.20 Å². The van der Waals surface area contributed by atoms with Crippen LogP contribution >= 0.6 is 0 Å². The maximum atomic E-state index is 13.0. The Balaban J connectivity index is 2.40. The summed E-state index contributed by atoms with van der Waals surface area (Å²) in [5.74, 6) is -0.789.